The Hall–Kier alpha value is -1.35. The van der Waals surface area contributed by atoms with E-state index in [0.717, 1.165) is 16.8 Å². The van der Waals surface area contributed by atoms with Crippen LogP contribution in [-0.4, -0.2) is 26.0 Å². The van der Waals surface area contributed by atoms with Crippen molar-refractivity contribution in [2.24, 2.45) is 4.99 Å². The van der Waals surface area contributed by atoms with Gasteiger partial charge < -0.3 is 5.32 Å². The summed E-state index contributed by atoms with van der Waals surface area (Å²) in [6.07, 6.45) is 8.85. The largest absolute Gasteiger partial charge is 0.391 e. The number of rotatable bonds is 11. The molecule has 0 bridgehead atoms. The van der Waals surface area contributed by atoms with Crippen molar-refractivity contribution in [2.45, 2.75) is 66.3 Å². The fourth-order valence-corrected chi connectivity index (χ4v) is 2.33. The number of nitrogens with zero attached hydrogens (tertiary/aromatic N) is 1. The minimum atomic E-state index is 0.581. The fourth-order valence-electron chi connectivity index (χ4n) is 2.33. The van der Waals surface area contributed by atoms with Crippen LogP contribution in [0.25, 0.3) is 0 Å². The van der Waals surface area contributed by atoms with Gasteiger partial charge in [0.15, 0.2) is 0 Å². The molecule has 22 heavy (non-hydrogen) atoms. The Morgan fingerprint density at radius 2 is 1.77 bits per heavy atom. The van der Waals surface area contributed by atoms with Crippen LogP contribution in [0.3, 0.4) is 0 Å². The van der Waals surface area contributed by atoms with Crippen molar-refractivity contribution < 1.29 is 0 Å². The second-order valence-electron chi connectivity index (χ2n) is 5.67. The highest BCUT2D eigenvalue weighted by atomic mass is 15.0. The van der Waals surface area contributed by atoms with Crippen molar-refractivity contribution in [3.05, 3.63) is 35.1 Å². The van der Waals surface area contributed by atoms with Crippen LogP contribution < -0.4 is 10.6 Å². The summed E-state index contributed by atoms with van der Waals surface area (Å²) in [7, 11) is 1.93. The normalized spacial score (nSPS) is 13.7. The van der Waals surface area contributed by atoms with Gasteiger partial charge in [0.2, 0.25) is 0 Å². The number of hydrogen-bond donors (Lipinski definition) is 2. The lowest BCUT2D eigenvalue weighted by Gasteiger charge is -2.15. The molecule has 0 spiro atoms. The molecular formula is C19H35N3. The van der Waals surface area contributed by atoms with Gasteiger partial charge in [-0.15, -0.1) is 0 Å². The molecule has 0 aliphatic heterocycles. The lowest BCUT2D eigenvalue weighted by atomic mass is 10.00. The van der Waals surface area contributed by atoms with Crippen LogP contribution in [0.15, 0.2) is 40.1 Å². The maximum atomic E-state index is 4.53. The van der Waals surface area contributed by atoms with E-state index >= 15 is 0 Å². The van der Waals surface area contributed by atoms with Crippen LogP contribution in [0.5, 0.6) is 0 Å². The van der Waals surface area contributed by atoms with Gasteiger partial charge in [-0.2, -0.15) is 0 Å². The average Bonchev–Trinajstić information content (AvgIpc) is 2.53. The van der Waals surface area contributed by atoms with Crippen molar-refractivity contribution in [1.29, 1.82) is 0 Å². The predicted octanol–water partition coefficient (Wildman–Crippen LogP) is 4.59. The molecule has 0 saturated carbocycles. The van der Waals surface area contributed by atoms with Crippen molar-refractivity contribution in [2.75, 3.05) is 13.7 Å². The lowest BCUT2D eigenvalue weighted by Crippen LogP contribution is -2.29. The first-order valence-corrected chi connectivity index (χ1v) is 8.46. The van der Waals surface area contributed by atoms with Gasteiger partial charge >= 0.3 is 0 Å². The first kappa shape index (κ1) is 20.6. The Balaban J connectivity index is 4.60. The summed E-state index contributed by atoms with van der Waals surface area (Å²) in [6.45, 7) is 15.5. The first-order chi connectivity index (χ1) is 10.5. The van der Waals surface area contributed by atoms with Gasteiger partial charge in [0, 0.05) is 25.0 Å². The smallest absolute Gasteiger partial charge is 0.0886 e. The fraction of sp³-hybridized carbons (Fsp3) is 0.632. The van der Waals surface area contributed by atoms with Crippen LogP contribution in [0.1, 0.15) is 60.3 Å². The molecule has 0 unspecified atom stereocenters. The van der Waals surface area contributed by atoms with Crippen molar-refractivity contribution >= 4 is 6.21 Å². The van der Waals surface area contributed by atoms with Gasteiger partial charge in [0.1, 0.15) is 0 Å². The third-order valence-electron chi connectivity index (χ3n) is 4.03. The molecule has 126 valence electrons. The molecule has 0 aromatic carbocycles. The molecule has 0 saturated heterocycles. The zero-order chi connectivity index (χ0) is 17.0. The molecule has 3 nitrogen and oxygen atoms in total. The third kappa shape index (κ3) is 7.60. The van der Waals surface area contributed by atoms with E-state index in [1.54, 1.807) is 0 Å². The van der Waals surface area contributed by atoms with Crippen LogP contribution in [0, 0.1) is 0 Å². The minimum Gasteiger partial charge on any atom is -0.391 e. The molecule has 0 aliphatic carbocycles. The highest BCUT2D eigenvalue weighted by Crippen LogP contribution is 2.18. The monoisotopic (exact) mass is 305 g/mol. The number of aliphatic imine (C=N–C) groups is 1. The summed E-state index contributed by atoms with van der Waals surface area (Å²) in [6, 6.07) is 0.581. The van der Waals surface area contributed by atoms with Gasteiger partial charge in [-0.1, -0.05) is 39.3 Å². The minimum absolute atomic E-state index is 0.581. The Morgan fingerprint density at radius 1 is 1.18 bits per heavy atom. The first-order valence-electron chi connectivity index (χ1n) is 8.46. The molecule has 0 amide bonds. The van der Waals surface area contributed by atoms with E-state index in [0.29, 0.717) is 12.7 Å². The topological polar surface area (TPSA) is 36.4 Å². The Labute approximate surface area is 137 Å². The maximum Gasteiger partial charge on any atom is 0.0886 e. The second-order valence-corrected chi connectivity index (χ2v) is 5.67. The summed E-state index contributed by atoms with van der Waals surface area (Å²) in [5.74, 6) is 0. The molecule has 0 aromatic heterocycles. The van der Waals surface area contributed by atoms with Crippen LogP contribution in [0.4, 0.5) is 0 Å². The van der Waals surface area contributed by atoms with Gasteiger partial charge in [-0.25, -0.2) is 0 Å². The third-order valence-corrected chi connectivity index (χ3v) is 4.03. The zero-order valence-electron chi connectivity index (χ0n) is 15.4. The SMILES string of the molecule is C=C(/C(C=NCNC(CCC)CCC)=C/C)/C(C)=C(\C)NC. The number of nitrogens with one attached hydrogen (secondary N) is 2. The highest BCUT2D eigenvalue weighted by molar-refractivity contribution is 5.86. The van der Waals surface area contributed by atoms with E-state index in [-0.39, 0.29) is 0 Å². The van der Waals surface area contributed by atoms with Crippen LogP contribution in [0.2, 0.25) is 0 Å². The summed E-state index contributed by atoms with van der Waals surface area (Å²) < 4.78 is 0. The predicted molar refractivity (Wildman–Crippen MR) is 100 cm³/mol. The van der Waals surface area contributed by atoms with E-state index in [2.05, 4.69) is 56.0 Å². The standard InChI is InChI=1S/C19H35N3/c1-8-11-19(12-9-2)22-14-21-13-18(10-3)16(5)15(4)17(6)20-7/h10,13,19-20,22H,5,8-9,11-12,14H2,1-4,6-7H3/b17-15+,18-10+,21-13?. The van der Waals surface area contributed by atoms with E-state index in [9.17, 15) is 0 Å². The quantitative estimate of drug-likeness (QED) is 0.433. The molecule has 0 radical (unpaired) electrons. The number of hydrogen-bond acceptors (Lipinski definition) is 3. The Kier molecular flexibility index (Phi) is 11.5. The van der Waals surface area contributed by atoms with E-state index in [1.807, 2.05) is 20.2 Å². The van der Waals surface area contributed by atoms with Gasteiger partial charge in [0.25, 0.3) is 0 Å². The van der Waals surface area contributed by atoms with Gasteiger partial charge in [-0.05, 0) is 50.3 Å². The van der Waals surface area contributed by atoms with E-state index in [4.69, 9.17) is 0 Å². The number of allylic oxidation sites excluding steroid dienone is 5. The molecule has 2 N–H and O–H groups in total. The summed E-state index contributed by atoms with van der Waals surface area (Å²) >= 11 is 0. The average molecular weight is 306 g/mol. The Morgan fingerprint density at radius 3 is 2.23 bits per heavy atom. The molecule has 0 aromatic rings. The van der Waals surface area contributed by atoms with Gasteiger partial charge in [-0.3, -0.25) is 10.3 Å². The molecule has 0 heterocycles. The zero-order valence-corrected chi connectivity index (χ0v) is 15.4. The van der Waals surface area contributed by atoms with Crippen molar-refractivity contribution in [3.8, 4) is 0 Å². The van der Waals surface area contributed by atoms with E-state index in [1.165, 1.54) is 31.3 Å². The molecular weight excluding hydrogens is 270 g/mol. The van der Waals surface area contributed by atoms with Crippen LogP contribution >= 0.6 is 0 Å². The van der Waals surface area contributed by atoms with E-state index < -0.39 is 0 Å². The van der Waals surface area contributed by atoms with Crippen LogP contribution in [-0.2, 0) is 0 Å². The van der Waals surface area contributed by atoms with Crippen molar-refractivity contribution in [3.63, 3.8) is 0 Å². The lowest BCUT2D eigenvalue weighted by molar-refractivity contribution is 0.452. The summed E-state index contributed by atoms with van der Waals surface area (Å²) in [4.78, 5) is 4.53. The van der Waals surface area contributed by atoms with Crippen molar-refractivity contribution in [1.82, 2.24) is 10.6 Å². The summed E-state index contributed by atoms with van der Waals surface area (Å²) in [5.41, 5.74) is 4.42. The molecule has 3 heteroatoms. The second kappa shape index (κ2) is 12.2. The van der Waals surface area contributed by atoms with Gasteiger partial charge in [0.05, 0.1) is 6.67 Å². The highest BCUT2D eigenvalue weighted by Gasteiger charge is 2.06. The molecule has 0 rings (SSSR count). The molecule has 0 atom stereocenters. The maximum absolute atomic E-state index is 4.53. The molecule has 0 fully saturated rings. The summed E-state index contributed by atoms with van der Waals surface area (Å²) in [5, 5.41) is 6.69. The molecule has 0 aliphatic rings. The Bertz CT molecular complexity index is 410.